The van der Waals surface area contributed by atoms with Crippen LogP contribution in [-0.2, 0) is 5.75 Å². The second-order valence-electron chi connectivity index (χ2n) is 6.09. The number of amides is 2. The molecule has 2 N–H and O–H groups in total. The van der Waals surface area contributed by atoms with Crippen LogP contribution in [0.15, 0.2) is 52.2 Å². The van der Waals surface area contributed by atoms with E-state index in [2.05, 4.69) is 15.8 Å². The Labute approximate surface area is 187 Å². The highest BCUT2D eigenvalue weighted by atomic mass is 32.2. The van der Waals surface area contributed by atoms with E-state index in [0.717, 1.165) is 10.6 Å². The summed E-state index contributed by atoms with van der Waals surface area (Å²) in [6.45, 7) is 0. The third-order valence-corrected chi connectivity index (χ3v) is 5.95. The summed E-state index contributed by atoms with van der Waals surface area (Å²) in [5.41, 5.74) is 8.29. The van der Waals surface area contributed by atoms with Gasteiger partial charge in [0.15, 0.2) is 11.5 Å². The molecule has 1 heterocycles. The first-order valence-electron chi connectivity index (χ1n) is 9.07. The molecule has 0 aliphatic carbocycles. The molecule has 0 saturated heterocycles. The zero-order valence-electron chi connectivity index (χ0n) is 17.1. The minimum atomic E-state index is -0.528. The predicted molar refractivity (Wildman–Crippen MR) is 119 cm³/mol. The van der Waals surface area contributed by atoms with Crippen LogP contribution < -0.4 is 25.1 Å². The molecule has 1 aromatic heterocycles. The van der Waals surface area contributed by atoms with Gasteiger partial charge in [-0.15, -0.1) is 23.1 Å². The van der Waals surface area contributed by atoms with Crippen molar-refractivity contribution in [3.8, 4) is 17.2 Å². The number of aromatic nitrogens is 1. The molecule has 8 nitrogen and oxygen atoms in total. The van der Waals surface area contributed by atoms with Crippen LogP contribution >= 0.6 is 23.1 Å². The highest BCUT2D eigenvalue weighted by molar-refractivity contribution is 7.98. The maximum atomic E-state index is 12.7. The number of hydrogen-bond acceptors (Lipinski definition) is 8. The maximum absolute atomic E-state index is 12.7. The minimum Gasteiger partial charge on any atom is -0.493 e. The van der Waals surface area contributed by atoms with E-state index in [-0.39, 0.29) is 5.56 Å². The van der Waals surface area contributed by atoms with Crippen LogP contribution in [0, 0.1) is 0 Å². The van der Waals surface area contributed by atoms with Gasteiger partial charge in [0.2, 0.25) is 5.75 Å². The molecule has 10 heteroatoms. The van der Waals surface area contributed by atoms with Crippen molar-refractivity contribution in [2.75, 3.05) is 21.3 Å². The maximum Gasteiger partial charge on any atom is 0.270 e. The Balaban J connectivity index is 1.69. The van der Waals surface area contributed by atoms with E-state index in [4.69, 9.17) is 14.2 Å². The summed E-state index contributed by atoms with van der Waals surface area (Å²) >= 11 is 3.03. The lowest BCUT2D eigenvalue weighted by molar-refractivity contribution is 0.0844. The Bertz CT molecular complexity index is 1030. The van der Waals surface area contributed by atoms with Gasteiger partial charge in [0.25, 0.3) is 11.8 Å². The van der Waals surface area contributed by atoms with Gasteiger partial charge in [-0.25, -0.2) is 4.98 Å². The first kappa shape index (κ1) is 22.4. The molecule has 3 aromatic rings. The number of carbonyl (C=O) groups is 2. The van der Waals surface area contributed by atoms with Gasteiger partial charge < -0.3 is 14.2 Å². The van der Waals surface area contributed by atoms with Crippen LogP contribution in [-0.4, -0.2) is 38.1 Å². The van der Waals surface area contributed by atoms with E-state index in [1.807, 2.05) is 17.5 Å². The molecular weight excluding hydrogens is 438 g/mol. The second-order valence-corrected chi connectivity index (χ2v) is 7.82. The molecule has 0 atom stereocenters. The van der Waals surface area contributed by atoms with Gasteiger partial charge in [-0.05, 0) is 24.3 Å². The van der Waals surface area contributed by atoms with Crippen molar-refractivity contribution in [3.63, 3.8) is 0 Å². The van der Waals surface area contributed by atoms with Crippen LogP contribution in [0.5, 0.6) is 17.2 Å². The number of benzene rings is 2. The second kappa shape index (κ2) is 10.7. The lowest BCUT2D eigenvalue weighted by atomic mass is 10.1. The summed E-state index contributed by atoms with van der Waals surface area (Å²) in [5, 5.41) is 1.97. The van der Waals surface area contributed by atoms with Gasteiger partial charge in [0.05, 0.1) is 38.1 Å². The van der Waals surface area contributed by atoms with Crippen molar-refractivity contribution >= 4 is 34.9 Å². The van der Waals surface area contributed by atoms with Gasteiger partial charge in [-0.1, -0.05) is 12.1 Å². The summed E-state index contributed by atoms with van der Waals surface area (Å²) in [6.07, 6.45) is 0. The van der Waals surface area contributed by atoms with Crippen molar-refractivity contribution in [1.82, 2.24) is 15.8 Å². The first-order chi connectivity index (χ1) is 15.1. The zero-order chi connectivity index (χ0) is 22.2. The van der Waals surface area contributed by atoms with E-state index >= 15 is 0 Å². The fourth-order valence-corrected chi connectivity index (χ4v) is 4.32. The lowest BCUT2D eigenvalue weighted by Crippen LogP contribution is -2.41. The van der Waals surface area contributed by atoms with E-state index in [0.29, 0.717) is 28.6 Å². The monoisotopic (exact) mass is 459 g/mol. The largest absolute Gasteiger partial charge is 0.493 e. The zero-order valence-corrected chi connectivity index (χ0v) is 18.8. The van der Waals surface area contributed by atoms with E-state index < -0.39 is 11.8 Å². The number of carbonyl (C=O) groups excluding carboxylic acids is 2. The first-order valence-corrected chi connectivity index (χ1v) is 11.0. The Morgan fingerprint density at radius 2 is 1.68 bits per heavy atom. The van der Waals surface area contributed by atoms with Crippen LogP contribution in [0.1, 0.15) is 26.4 Å². The lowest BCUT2D eigenvalue weighted by Gasteiger charge is -2.14. The van der Waals surface area contributed by atoms with Gasteiger partial charge in [-0.2, -0.15) is 0 Å². The molecule has 162 valence electrons. The molecule has 0 aliphatic rings. The van der Waals surface area contributed by atoms with E-state index in [1.54, 1.807) is 17.6 Å². The van der Waals surface area contributed by atoms with E-state index in [9.17, 15) is 9.59 Å². The third kappa shape index (κ3) is 5.47. The van der Waals surface area contributed by atoms with E-state index in [1.165, 1.54) is 56.6 Å². The average molecular weight is 460 g/mol. The molecule has 0 unspecified atom stereocenters. The summed E-state index contributed by atoms with van der Waals surface area (Å²) in [5.74, 6) is 0.731. The predicted octanol–water partition coefficient (Wildman–Crippen LogP) is 3.54. The molecular formula is C21H21N3O5S2. The van der Waals surface area contributed by atoms with Gasteiger partial charge in [-0.3, -0.25) is 20.4 Å². The third-order valence-electron chi connectivity index (χ3n) is 4.21. The molecule has 0 bridgehead atoms. The Morgan fingerprint density at radius 3 is 2.29 bits per heavy atom. The number of methoxy groups -OCH3 is 3. The quantitative estimate of drug-likeness (QED) is 0.393. The molecule has 0 aliphatic heterocycles. The standard InChI is InChI=1S/C21H21N3O5S2/c1-27-16-8-13(9-17(28-2)19(16)29-3)20(25)23-24-21(26)15-6-4-5-7-18(15)31-11-14-10-30-12-22-14/h4-10,12H,11H2,1-3H3,(H,23,25)(H,24,26). The minimum absolute atomic E-state index is 0.237. The Morgan fingerprint density at radius 1 is 1.00 bits per heavy atom. The van der Waals surface area contributed by atoms with Crippen molar-refractivity contribution < 1.29 is 23.8 Å². The normalized spacial score (nSPS) is 10.3. The number of thiazole rings is 1. The highest BCUT2D eigenvalue weighted by Gasteiger charge is 2.18. The van der Waals surface area contributed by atoms with Crippen molar-refractivity contribution in [3.05, 3.63) is 64.1 Å². The number of hydrogen-bond donors (Lipinski definition) is 2. The highest BCUT2D eigenvalue weighted by Crippen LogP contribution is 2.38. The Kier molecular flexibility index (Phi) is 7.74. The van der Waals surface area contributed by atoms with Gasteiger partial charge in [0.1, 0.15) is 0 Å². The van der Waals surface area contributed by atoms with Crippen molar-refractivity contribution in [1.29, 1.82) is 0 Å². The molecule has 0 radical (unpaired) electrons. The summed E-state index contributed by atoms with van der Waals surface area (Å²) < 4.78 is 15.8. The van der Waals surface area contributed by atoms with Crippen LogP contribution in [0.2, 0.25) is 0 Å². The average Bonchev–Trinajstić information content (AvgIpc) is 3.33. The fraction of sp³-hybridized carbons (Fsp3) is 0.190. The molecule has 31 heavy (non-hydrogen) atoms. The van der Waals surface area contributed by atoms with Crippen LogP contribution in [0.3, 0.4) is 0 Å². The number of rotatable bonds is 8. The molecule has 0 fully saturated rings. The van der Waals surface area contributed by atoms with Crippen LogP contribution in [0.25, 0.3) is 0 Å². The fourth-order valence-electron chi connectivity index (χ4n) is 2.71. The molecule has 0 saturated carbocycles. The summed E-state index contributed by atoms with van der Waals surface area (Å²) in [4.78, 5) is 30.3. The number of nitrogens with one attached hydrogen (secondary N) is 2. The van der Waals surface area contributed by atoms with Crippen LogP contribution in [0.4, 0.5) is 0 Å². The number of hydrazine groups is 1. The molecule has 3 rings (SSSR count). The molecule has 2 aromatic carbocycles. The number of thioether (sulfide) groups is 1. The Hall–Kier alpha value is -3.24. The van der Waals surface area contributed by atoms with Crippen molar-refractivity contribution in [2.24, 2.45) is 0 Å². The van der Waals surface area contributed by atoms with Crippen molar-refractivity contribution in [2.45, 2.75) is 10.6 Å². The molecule has 2 amide bonds. The SMILES string of the molecule is COc1cc(C(=O)NNC(=O)c2ccccc2SCc2cscn2)cc(OC)c1OC. The summed E-state index contributed by atoms with van der Waals surface area (Å²) in [6, 6.07) is 10.2. The number of ether oxygens (including phenoxy) is 3. The smallest absolute Gasteiger partial charge is 0.270 e. The number of nitrogens with zero attached hydrogens (tertiary/aromatic N) is 1. The topological polar surface area (TPSA) is 98.8 Å². The summed E-state index contributed by atoms with van der Waals surface area (Å²) in [7, 11) is 4.40. The van der Waals surface area contributed by atoms with Gasteiger partial charge in [0, 0.05) is 21.6 Å². The molecule has 0 spiro atoms. The van der Waals surface area contributed by atoms with Gasteiger partial charge >= 0.3 is 0 Å².